The molecule has 0 bridgehead atoms. The zero-order valence-electron chi connectivity index (χ0n) is 10.8. The lowest BCUT2D eigenvalue weighted by Gasteiger charge is -2.35. The number of anilines is 1. The normalized spacial score (nSPS) is 18.7. The number of carboxylic acids is 1. The predicted octanol–water partition coefficient (Wildman–Crippen LogP) is 0.384. The van der Waals surface area contributed by atoms with E-state index in [9.17, 15) is 9.59 Å². The summed E-state index contributed by atoms with van der Waals surface area (Å²) < 4.78 is 5.29. The van der Waals surface area contributed by atoms with Crippen molar-refractivity contribution in [3.8, 4) is 0 Å². The molecule has 1 amide bonds. The van der Waals surface area contributed by atoms with Gasteiger partial charge in [0, 0.05) is 19.8 Å². The molecule has 0 saturated carbocycles. The highest BCUT2D eigenvalue weighted by Crippen LogP contribution is 2.23. The molecule has 2 heterocycles. The highest BCUT2D eigenvalue weighted by molar-refractivity contribution is 6.33. The predicted molar refractivity (Wildman–Crippen MR) is 72.2 cm³/mol. The summed E-state index contributed by atoms with van der Waals surface area (Å²) in [4.78, 5) is 28.7. The Bertz CT molecular complexity index is 537. The van der Waals surface area contributed by atoms with Crippen LogP contribution in [0.5, 0.6) is 0 Å². The summed E-state index contributed by atoms with van der Waals surface area (Å²) in [7, 11) is 1.53. The van der Waals surface area contributed by atoms with Gasteiger partial charge in [-0.3, -0.25) is 4.79 Å². The summed E-state index contributed by atoms with van der Waals surface area (Å²) in [5.74, 6) is -0.953. The number of hydrogen-bond donors (Lipinski definition) is 2. The van der Waals surface area contributed by atoms with Crippen molar-refractivity contribution in [1.29, 1.82) is 0 Å². The van der Waals surface area contributed by atoms with Crippen molar-refractivity contribution in [2.24, 2.45) is 0 Å². The number of carbonyl (C=O) groups is 2. The van der Waals surface area contributed by atoms with Crippen LogP contribution in [0.2, 0.25) is 5.02 Å². The fourth-order valence-corrected chi connectivity index (χ4v) is 2.19. The highest BCUT2D eigenvalue weighted by atomic mass is 35.5. The minimum absolute atomic E-state index is 0.0428. The van der Waals surface area contributed by atoms with E-state index in [1.807, 2.05) is 0 Å². The maximum atomic E-state index is 11.8. The minimum Gasteiger partial charge on any atom is -0.478 e. The molecule has 1 unspecified atom stereocenters. The molecule has 8 heteroatoms. The molecule has 0 aliphatic carbocycles. The van der Waals surface area contributed by atoms with Crippen molar-refractivity contribution in [3.63, 3.8) is 0 Å². The van der Waals surface area contributed by atoms with E-state index in [1.54, 1.807) is 4.90 Å². The Morgan fingerprint density at radius 1 is 1.60 bits per heavy atom. The third-order valence-corrected chi connectivity index (χ3v) is 3.34. The molecule has 1 aliphatic heterocycles. The third kappa shape index (κ3) is 2.83. The number of morpholine rings is 1. The van der Waals surface area contributed by atoms with E-state index in [-0.39, 0.29) is 23.1 Å². The fourth-order valence-electron chi connectivity index (χ4n) is 2.01. The molecule has 2 rings (SSSR count). The number of rotatable bonds is 3. The second-order valence-corrected chi connectivity index (χ2v) is 4.63. The first-order valence-electron chi connectivity index (χ1n) is 5.99. The van der Waals surface area contributed by atoms with Gasteiger partial charge < -0.3 is 20.1 Å². The van der Waals surface area contributed by atoms with Crippen LogP contribution in [0, 0.1) is 0 Å². The lowest BCUT2D eigenvalue weighted by Crippen LogP contribution is -2.53. The van der Waals surface area contributed by atoms with Crippen LogP contribution in [0.25, 0.3) is 0 Å². The quantitative estimate of drug-likeness (QED) is 0.838. The van der Waals surface area contributed by atoms with Crippen LogP contribution in [0.15, 0.2) is 12.3 Å². The van der Waals surface area contributed by atoms with Gasteiger partial charge in [0.25, 0.3) is 0 Å². The van der Waals surface area contributed by atoms with Gasteiger partial charge in [0.15, 0.2) is 0 Å². The number of nitrogens with one attached hydrogen (secondary N) is 1. The molecule has 108 valence electrons. The molecule has 0 radical (unpaired) electrons. The number of carbonyl (C=O) groups excluding carboxylic acids is 1. The van der Waals surface area contributed by atoms with Crippen molar-refractivity contribution in [2.75, 3.05) is 31.7 Å². The number of hydrogen-bond acceptors (Lipinski definition) is 5. The number of halogens is 1. The Hall–Kier alpha value is -1.86. The van der Waals surface area contributed by atoms with E-state index in [0.29, 0.717) is 19.0 Å². The molecule has 1 atom stereocenters. The van der Waals surface area contributed by atoms with Crippen molar-refractivity contribution >= 4 is 29.3 Å². The number of amides is 1. The number of likely N-dealkylation sites (N-methyl/N-ethyl adjacent to an activating group) is 1. The largest absolute Gasteiger partial charge is 0.478 e. The van der Waals surface area contributed by atoms with Gasteiger partial charge in [-0.15, -0.1) is 0 Å². The Labute approximate surface area is 120 Å². The summed E-state index contributed by atoms with van der Waals surface area (Å²) in [6.45, 7) is 1.12. The summed E-state index contributed by atoms with van der Waals surface area (Å²) in [5.41, 5.74) is -0.0428. The first kappa shape index (κ1) is 14.5. The third-order valence-electron chi connectivity index (χ3n) is 3.04. The van der Waals surface area contributed by atoms with E-state index in [4.69, 9.17) is 21.4 Å². The molecule has 2 N–H and O–H groups in total. The number of carboxylic acid groups (broad SMARTS) is 1. The van der Waals surface area contributed by atoms with Crippen LogP contribution < -0.4 is 10.2 Å². The van der Waals surface area contributed by atoms with E-state index < -0.39 is 12.0 Å². The van der Waals surface area contributed by atoms with Crippen LogP contribution in [0.3, 0.4) is 0 Å². The maximum Gasteiger partial charge on any atom is 0.337 e. The van der Waals surface area contributed by atoms with Crippen molar-refractivity contribution in [3.05, 3.63) is 22.8 Å². The van der Waals surface area contributed by atoms with Gasteiger partial charge in [0.2, 0.25) is 5.91 Å². The molecule has 7 nitrogen and oxygen atoms in total. The van der Waals surface area contributed by atoms with Crippen LogP contribution in [-0.4, -0.2) is 54.8 Å². The van der Waals surface area contributed by atoms with Crippen LogP contribution in [0.1, 0.15) is 10.4 Å². The molecular formula is C12H14ClN3O4. The first-order chi connectivity index (χ1) is 9.54. The van der Waals surface area contributed by atoms with Crippen molar-refractivity contribution in [1.82, 2.24) is 10.3 Å². The highest BCUT2D eigenvalue weighted by Gasteiger charge is 2.30. The number of aromatic nitrogens is 1. The van der Waals surface area contributed by atoms with Gasteiger partial charge in [-0.05, 0) is 6.07 Å². The lowest BCUT2D eigenvalue weighted by molar-refractivity contribution is -0.124. The molecule has 0 aromatic carbocycles. The fraction of sp³-hybridized carbons (Fsp3) is 0.417. The Morgan fingerprint density at radius 3 is 3.00 bits per heavy atom. The monoisotopic (exact) mass is 299 g/mol. The smallest absolute Gasteiger partial charge is 0.337 e. The average molecular weight is 300 g/mol. The zero-order chi connectivity index (χ0) is 14.7. The topological polar surface area (TPSA) is 91.8 Å². The van der Waals surface area contributed by atoms with Gasteiger partial charge in [0.05, 0.1) is 23.8 Å². The molecule has 0 spiro atoms. The van der Waals surface area contributed by atoms with E-state index in [1.165, 1.54) is 19.3 Å². The SMILES string of the molecule is CNC(=O)C1COCCN1c1cc(C(=O)O)c(Cl)cn1. The molecule has 1 saturated heterocycles. The average Bonchev–Trinajstić information content (AvgIpc) is 2.46. The molecule has 1 aliphatic rings. The summed E-state index contributed by atoms with van der Waals surface area (Å²) >= 11 is 5.79. The van der Waals surface area contributed by atoms with Crippen LogP contribution in [-0.2, 0) is 9.53 Å². The summed E-state index contributed by atoms with van der Waals surface area (Å²) in [6.07, 6.45) is 1.27. The first-order valence-corrected chi connectivity index (χ1v) is 6.37. The van der Waals surface area contributed by atoms with E-state index in [2.05, 4.69) is 10.3 Å². The lowest BCUT2D eigenvalue weighted by atomic mass is 10.2. The van der Waals surface area contributed by atoms with Crippen LogP contribution >= 0.6 is 11.6 Å². The van der Waals surface area contributed by atoms with Gasteiger partial charge in [-0.25, -0.2) is 9.78 Å². The van der Waals surface area contributed by atoms with Gasteiger partial charge in [-0.2, -0.15) is 0 Å². The van der Waals surface area contributed by atoms with Gasteiger partial charge >= 0.3 is 5.97 Å². The van der Waals surface area contributed by atoms with Crippen molar-refractivity contribution in [2.45, 2.75) is 6.04 Å². The van der Waals surface area contributed by atoms with Crippen molar-refractivity contribution < 1.29 is 19.4 Å². The van der Waals surface area contributed by atoms with E-state index in [0.717, 1.165) is 0 Å². The molecule has 1 aromatic rings. The van der Waals surface area contributed by atoms with Gasteiger partial charge in [0.1, 0.15) is 11.9 Å². The molecular weight excluding hydrogens is 286 g/mol. The van der Waals surface area contributed by atoms with Crippen LogP contribution in [0.4, 0.5) is 5.82 Å². The van der Waals surface area contributed by atoms with Gasteiger partial charge in [-0.1, -0.05) is 11.6 Å². The summed E-state index contributed by atoms with van der Waals surface area (Å²) in [6, 6.07) is 0.829. The number of ether oxygens (including phenoxy) is 1. The second-order valence-electron chi connectivity index (χ2n) is 4.23. The maximum absolute atomic E-state index is 11.8. The standard InChI is InChI=1S/C12H14ClN3O4/c1-14-11(17)9-6-20-3-2-16(9)10-4-7(12(18)19)8(13)5-15-10/h4-5,9H,2-3,6H2,1H3,(H,14,17)(H,18,19). The Morgan fingerprint density at radius 2 is 2.35 bits per heavy atom. The Balaban J connectivity index is 2.35. The summed E-state index contributed by atoms with van der Waals surface area (Å²) in [5, 5.41) is 11.7. The zero-order valence-corrected chi connectivity index (χ0v) is 11.6. The number of aromatic carboxylic acids is 1. The number of nitrogens with zero attached hydrogens (tertiary/aromatic N) is 2. The number of pyridine rings is 1. The molecule has 1 fully saturated rings. The van der Waals surface area contributed by atoms with E-state index >= 15 is 0 Å². The second kappa shape index (κ2) is 6.06. The minimum atomic E-state index is -1.14. The molecule has 1 aromatic heterocycles. The Kier molecular flexibility index (Phi) is 4.41. The molecule has 20 heavy (non-hydrogen) atoms.